The Hall–Kier alpha value is -2.48. The number of nitrogens with zero attached hydrogens (tertiary/aromatic N) is 6. The van der Waals surface area contributed by atoms with E-state index in [1.165, 1.54) is 5.56 Å². The number of carbonyl (C=O) groups excluding carboxylic acids is 1. The lowest BCUT2D eigenvalue weighted by Crippen LogP contribution is -2.51. The molecule has 1 saturated heterocycles. The number of carbonyl (C=O) groups is 1. The zero-order chi connectivity index (χ0) is 17.1. The lowest BCUT2D eigenvalue weighted by atomic mass is 10.2. The van der Waals surface area contributed by atoms with Gasteiger partial charge in [0.05, 0.1) is 6.54 Å². The van der Waals surface area contributed by atoms with Gasteiger partial charge in [0.15, 0.2) is 5.82 Å². The monoisotopic (exact) mass is 341 g/mol. The first kappa shape index (κ1) is 16.0. The van der Waals surface area contributed by atoms with Crippen molar-refractivity contribution < 1.29 is 4.79 Å². The van der Waals surface area contributed by atoms with E-state index in [2.05, 4.69) is 36.0 Å². The van der Waals surface area contributed by atoms with E-state index in [0.717, 1.165) is 63.8 Å². The van der Waals surface area contributed by atoms with Crippen LogP contribution in [0.4, 0.5) is 4.79 Å². The van der Waals surface area contributed by atoms with E-state index in [9.17, 15) is 4.79 Å². The maximum atomic E-state index is 12.4. The Balaban J connectivity index is 1.24. The van der Waals surface area contributed by atoms with E-state index in [1.54, 1.807) is 6.20 Å². The van der Waals surface area contributed by atoms with Gasteiger partial charge in [0, 0.05) is 58.1 Å². The van der Waals surface area contributed by atoms with Crippen molar-refractivity contribution in [2.75, 3.05) is 26.2 Å². The second kappa shape index (κ2) is 7.18. The Morgan fingerprint density at radius 1 is 1.16 bits per heavy atom. The zero-order valence-corrected chi connectivity index (χ0v) is 14.3. The molecule has 0 unspecified atom stereocenters. The molecule has 0 aromatic carbocycles. The number of hydrogen-bond donors (Lipinski definition) is 1. The summed E-state index contributed by atoms with van der Waals surface area (Å²) in [4.78, 5) is 20.8. The average Bonchev–Trinajstić information content (AvgIpc) is 3.25. The molecule has 4 rings (SSSR count). The van der Waals surface area contributed by atoms with Crippen molar-refractivity contribution >= 4 is 6.03 Å². The van der Waals surface area contributed by atoms with Crippen LogP contribution in [0.2, 0.25) is 0 Å². The van der Waals surface area contributed by atoms with Gasteiger partial charge in [0.1, 0.15) is 5.82 Å². The van der Waals surface area contributed by atoms with Crippen molar-refractivity contribution in [3.8, 4) is 0 Å². The summed E-state index contributed by atoms with van der Waals surface area (Å²) < 4.78 is 2.12. The van der Waals surface area contributed by atoms with Crippen LogP contribution in [-0.4, -0.2) is 61.8 Å². The minimum absolute atomic E-state index is 0.0172. The normalized spacial score (nSPS) is 17.5. The van der Waals surface area contributed by atoms with Gasteiger partial charge in [0.2, 0.25) is 0 Å². The highest BCUT2D eigenvalue weighted by Crippen LogP contribution is 2.14. The molecule has 2 amide bonds. The highest BCUT2D eigenvalue weighted by atomic mass is 16.2. The SMILES string of the molecule is O=C(NCc1nnc2n1CCC2)N1CCN(Cc2cccnc2)CC1. The lowest BCUT2D eigenvalue weighted by Gasteiger charge is -2.34. The van der Waals surface area contributed by atoms with E-state index in [-0.39, 0.29) is 6.03 Å². The van der Waals surface area contributed by atoms with Crippen molar-refractivity contribution in [3.05, 3.63) is 41.7 Å². The van der Waals surface area contributed by atoms with Gasteiger partial charge < -0.3 is 14.8 Å². The number of piperazine rings is 1. The highest BCUT2D eigenvalue weighted by molar-refractivity contribution is 5.74. The molecule has 2 aliphatic rings. The maximum Gasteiger partial charge on any atom is 0.317 e. The number of pyridine rings is 1. The maximum absolute atomic E-state index is 12.4. The fraction of sp³-hybridized carbons (Fsp3) is 0.529. The number of hydrogen-bond acceptors (Lipinski definition) is 5. The molecule has 2 aromatic rings. The first-order valence-corrected chi connectivity index (χ1v) is 8.84. The molecule has 25 heavy (non-hydrogen) atoms. The van der Waals surface area contributed by atoms with E-state index in [1.807, 2.05) is 17.2 Å². The fourth-order valence-electron chi connectivity index (χ4n) is 3.47. The number of aromatic nitrogens is 4. The molecule has 0 atom stereocenters. The van der Waals surface area contributed by atoms with Gasteiger partial charge in [-0.25, -0.2) is 4.79 Å². The van der Waals surface area contributed by atoms with E-state index in [0.29, 0.717) is 6.54 Å². The van der Waals surface area contributed by atoms with Crippen molar-refractivity contribution in [2.24, 2.45) is 0 Å². The highest BCUT2D eigenvalue weighted by Gasteiger charge is 2.22. The van der Waals surface area contributed by atoms with Gasteiger partial charge in [-0.15, -0.1) is 10.2 Å². The van der Waals surface area contributed by atoms with Crippen LogP contribution < -0.4 is 5.32 Å². The summed E-state index contributed by atoms with van der Waals surface area (Å²) in [5, 5.41) is 11.3. The van der Waals surface area contributed by atoms with E-state index < -0.39 is 0 Å². The van der Waals surface area contributed by atoms with Crippen LogP contribution in [0.5, 0.6) is 0 Å². The van der Waals surface area contributed by atoms with Crippen LogP contribution in [0.1, 0.15) is 23.6 Å². The Morgan fingerprint density at radius 2 is 2.04 bits per heavy atom. The first-order valence-electron chi connectivity index (χ1n) is 8.84. The van der Waals surface area contributed by atoms with Crippen molar-refractivity contribution in [1.29, 1.82) is 0 Å². The van der Waals surface area contributed by atoms with Gasteiger partial charge in [-0.3, -0.25) is 9.88 Å². The average molecular weight is 341 g/mol. The molecule has 1 fully saturated rings. The second-order valence-electron chi connectivity index (χ2n) is 6.57. The molecule has 0 aliphatic carbocycles. The Bertz CT molecular complexity index is 722. The van der Waals surface area contributed by atoms with Crippen molar-refractivity contribution in [2.45, 2.75) is 32.5 Å². The third-order valence-electron chi connectivity index (χ3n) is 4.87. The van der Waals surface area contributed by atoms with Crippen molar-refractivity contribution in [3.63, 3.8) is 0 Å². The van der Waals surface area contributed by atoms with Gasteiger partial charge >= 0.3 is 6.03 Å². The number of nitrogens with one attached hydrogen (secondary N) is 1. The van der Waals surface area contributed by atoms with E-state index in [4.69, 9.17) is 0 Å². The molecule has 2 aromatic heterocycles. The molecular weight excluding hydrogens is 318 g/mol. The molecule has 0 bridgehead atoms. The molecule has 4 heterocycles. The summed E-state index contributed by atoms with van der Waals surface area (Å²) >= 11 is 0. The smallest absolute Gasteiger partial charge is 0.317 e. The number of amides is 2. The lowest BCUT2D eigenvalue weighted by molar-refractivity contribution is 0.135. The predicted molar refractivity (Wildman–Crippen MR) is 91.7 cm³/mol. The van der Waals surface area contributed by atoms with Crippen LogP contribution in [0.3, 0.4) is 0 Å². The summed E-state index contributed by atoms with van der Waals surface area (Å²) in [7, 11) is 0. The molecule has 0 saturated carbocycles. The molecule has 1 N–H and O–H groups in total. The summed E-state index contributed by atoms with van der Waals surface area (Å²) in [5.41, 5.74) is 1.21. The predicted octanol–water partition coefficient (Wildman–Crippen LogP) is 0.647. The molecule has 0 spiro atoms. The summed E-state index contributed by atoms with van der Waals surface area (Å²) in [6, 6.07) is 4.03. The largest absolute Gasteiger partial charge is 0.331 e. The van der Waals surface area contributed by atoms with Gasteiger partial charge in [0.25, 0.3) is 0 Å². The Kier molecular flexibility index (Phi) is 4.60. The first-order chi connectivity index (χ1) is 12.3. The zero-order valence-electron chi connectivity index (χ0n) is 14.3. The van der Waals surface area contributed by atoms with Crippen LogP contribution >= 0.6 is 0 Å². The molecule has 8 heteroatoms. The summed E-state index contributed by atoms with van der Waals surface area (Å²) in [5.74, 6) is 1.89. The number of rotatable bonds is 4. The second-order valence-corrected chi connectivity index (χ2v) is 6.57. The topological polar surface area (TPSA) is 79.2 Å². The van der Waals surface area contributed by atoms with E-state index >= 15 is 0 Å². The Morgan fingerprint density at radius 3 is 2.84 bits per heavy atom. The van der Waals surface area contributed by atoms with Crippen LogP contribution in [0.25, 0.3) is 0 Å². The van der Waals surface area contributed by atoms with Crippen molar-refractivity contribution in [1.82, 2.24) is 34.9 Å². The third-order valence-corrected chi connectivity index (χ3v) is 4.87. The fourth-order valence-corrected chi connectivity index (χ4v) is 3.47. The molecule has 0 radical (unpaired) electrons. The summed E-state index contributed by atoms with van der Waals surface area (Å²) in [6.45, 7) is 5.52. The number of urea groups is 1. The minimum Gasteiger partial charge on any atom is -0.331 e. The van der Waals surface area contributed by atoms with Crippen LogP contribution in [-0.2, 0) is 26.1 Å². The quantitative estimate of drug-likeness (QED) is 0.883. The van der Waals surface area contributed by atoms with Gasteiger partial charge in [-0.1, -0.05) is 6.07 Å². The minimum atomic E-state index is -0.0172. The number of fused-ring (bicyclic) bond motifs is 1. The molecular formula is C17H23N7O. The third kappa shape index (κ3) is 3.63. The van der Waals surface area contributed by atoms with Crippen LogP contribution in [0, 0.1) is 0 Å². The van der Waals surface area contributed by atoms with Crippen LogP contribution in [0.15, 0.2) is 24.5 Å². The molecule has 132 valence electrons. The van der Waals surface area contributed by atoms with Gasteiger partial charge in [-0.2, -0.15) is 0 Å². The molecule has 2 aliphatic heterocycles. The molecule has 8 nitrogen and oxygen atoms in total. The standard InChI is InChI=1S/C17H23N7O/c25-17(19-12-16-21-20-15-4-2-6-24(15)16)23-9-7-22(8-10-23)13-14-3-1-5-18-11-14/h1,3,5,11H,2,4,6-10,12-13H2,(H,19,25). The Labute approximate surface area is 146 Å². The summed E-state index contributed by atoms with van der Waals surface area (Å²) in [6.07, 6.45) is 5.79. The van der Waals surface area contributed by atoms with Gasteiger partial charge in [-0.05, 0) is 18.1 Å². The number of aryl methyl sites for hydroxylation is 1.